The third-order valence-electron chi connectivity index (χ3n) is 4.77. The third-order valence-corrected chi connectivity index (χ3v) is 4.77. The van der Waals surface area contributed by atoms with Crippen molar-refractivity contribution in [2.45, 2.75) is 71.3 Å². The van der Waals surface area contributed by atoms with Crippen molar-refractivity contribution in [1.82, 2.24) is 5.32 Å². The number of amides is 1. The Bertz CT molecular complexity index is 495. The first-order valence-electron chi connectivity index (χ1n) is 9.66. The van der Waals surface area contributed by atoms with Crippen LogP contribution in [0.4, 0.5) is 4.79 Å². The molecule has 0 saturated carbocycles. The van der Waals surface area contributed by atoms with Gasteiger partial charge in [-0.3, -0.25) is 0 Å². The normalized spacial score (nSPS) is 13.1. The molecule has 140 valence electrons. The summed E-state index contributed by atoms with van der Waals surface area (Å²) in [4.78, 5) is 11.8. The van der Waals surface area contributed by atoms with Crippen molar-refractivity contribution in [2.75, 3.05) is 7.11 Å². The fourth-order valence-electron chi connectivity index (χ4n) is 3.15. The lowest BCUT2D eigenvalue weighted by Crippen LogP contribution is -2.32. The van der Waals surface area contributed by atoms with Crippen LogP contribution in [0.15, 0.2) is 36.9 Å². The van der Waals surface area contributed by atoms with Gasteiger partial charge in [0.05, 0.1) is 13.2 Å². The van der Waals surface area contributed by atoms with Crippen LogP contribution in [0.2, 0.25) is 0 Å². The first-order chi connectivity index (χ1) is 12.1. The van der Waals surface area contributed by atoms with Gasteiger partial charge in [0.2, 0.25) is 0 Å². The van der Waals surface area contributed by atoms with Crippen LogP contribution in [0.25, 0.3) is 0 Å². The molecule has 3 nitrogen and oxygen atoms in total. The Labute approximate surface area is 153 Å². The minimum absolute atomic E-state index is 0.0920. The number of unbranched alkanes of at least 4 members (excludes halogenated alkanes) is 6. The molecule has 0 aromatic heterocycles. The Morgan fingerprint density at radius 3 is 2.28 bits per heavy atom. The van der Waals surface area contributed by atoms with Crippen LogP contribution in [-0.2, 0) is 4.74 Å². The maximum absolute atomic E-state index is 11.8. The molecule has 0 fully saturated rings. The first kappa shape index (κ1) is 21.3. The lowest BCUT2D eigenvalue weighted by Gasteiger charge is -2.26. The summed E-state index contributed by atoms with van der Waals surface area (Å²) in [5, 5.41) is 2.99. The van der Waals surface area contributed by atoms with Crippen molar-refractivity contribution in [3.8, 4) is 0 Å². The van der Waals surface area contributed by atoms with Crippen LogP contribution in [0.1, 0.15) is 75.5 Å². The van der Waals surface area contributed by atoms with Gasteiger partial charge in [0.1, 0.15) is 0 Å². The van der Waals surface area contributed by atoms with Crippen molar-refractivity contribution < 1.29 is 9.53 Å². The summed E-state index contributed by atoms with van der Waals surface area (Å²) >= 11 is 0. The van der Waals surface area contributed by atoms with Crippen LogP contribution in [0, 0.1) is 12.8 Å². The minimum Gasteiger partial charge on any atom is -0.453 e. The van der Waals surface area contributed by atoms with E-state index < -0.39 is 6.09 Å². The van der Waals surface area contributed by atoms with E-state index in [1.165, 1.54) is 51.2 Å². The number of carbonyl (C=O) groups excluding carboxylic acids is 1. The lowest BCUT2D eigenvalue weighted by molar-refractivity contribution is 0.163. The van der Waals surface area contributed by atoms with Crippen molar-refractivity contribution in [1.29, 1.82) is 0 Å². The topological polar surface area (TPSA) is 38.3 Å². The number of aryl methyl sites for hydroxylation is 1. The number of alkyl carbamates (subject to hydrolysis) is 1. The molecule has 0 spiro atoms. The molecule has 0 radical (unpaired) electrons. The van der Waals surface area contributed by atoms with Gasteiger partial charge in [-0.1, -0.05) is 87.8 Å². The van der Waals surface area contributed by atoms with E-state index in [-0.39, 0.29) is 12.0 Å². The number of hydrogen-bond acceptors (Lipinski definition) is 2. The molecule has 0 aliphatic carbocycles. The highest BCUT2D eigenvalue weighted by molar-refractivity contribution is 5.67. The van der Waals surface area contributed by atoms with Crippen molar-refractivity contribution in [3.63, 3.8) is 0 Å². The average Bonchev–Trinajstić information content (AvgIpc) is 2.63. The first-order valence-corrected chi connectivity index (χ1v) is 9.66. The zero-order valence-electron chi connectivity index (χ0n) is 16.2. The van der Waals surface area contributed by atoms with Crippen molar-refractivity contribution >= 4 is 6.09 Å². The number of carbonyl (C=O) groups is 1. The van der Waals surface area contributed by atoms with E-state index in [4.69, 9.17) is 4.74 Å². The Balaban J connectivity index is 2.62. The molecular formula is C22H35NO2. The molecule has 1 aromatic rings. The Morgan fingerprint density at radius 2 is 1.72 bits per heavy atom. The van der Waals surface area contributed by atoms with Gasteiger partial charge in [0, 0.05) is 5.92 Å². The molecule has 0 bridgehead atoms. The summed E-state index contributed by atoms with van der Waals surface area (Å²) in [6.45, 7) is 8.32. The van der Waals surface area contributed by atoms with Crippen LogP contribution in [-0.4, -0.2) is 13.2 Å². The second kappa shape index (κ2) is 12.6. The molecule has 0 aliphatic heterocycles. The molecule has 0 saturated heterocycles. The molecule has 25 heavy (non-hydrogen) atoms. The van der Waals surface area contributed by atoms with Crippen LogP contribution in [0.5, 0.6) is 0 Å². The molecule has 2 unspecified atom stereocenters. The minimum atomic E-state index is -0.392. The van der Waals surface area contributed by atoms with Crippen molar-refractivity contribution in [2.24, 2.45) is 5.92 Å². The number of rotatable bonds is 12. The summed E-state index contributed by atoms with van der Waals surface area (Å²) in [5.41, 5.74) is 2.31. The van der Waals surface area contributed by atoms with Gasteiger partial charge in [0.25, 0.3) is 0 Å². The summed E-state index contributed by atoms with van der Waals surface area (Å²) in [6, 6.07) is 8.23. The highest BCUT2D eigenvalue weighted by Gasteiger charge is 2.22. The summed E-state index contributed by atoms with van der Waals surface area (Å²) in [7, 11) is 1.40. The van der Waals surface area contributed by atoms with Gasteiger partial charge in [0.15, 0.2) is 0 Å². The van der Waals surface area contributed by atoms with Crippen molar-refractivity contribution in [3.05, 3.63) is 48.0 Å². The molecule has 3 heteroatoms. The maximum Gasteiger partial charge on any atom is 0.407 e. The molecule has 2 atom stereocenters. The largest absolute Gasteiger partial charge is 0.453 e. The Hall–Kier alpha value is -1.77. The van der Waals surface area contributed by atoms with E-state index in [0.29, 0.717) is 0 Å². The van der Waals surface area contributed by atoms with E-state index in [2.05, 4.69) is 50.0 Å². The zero-order valence-corrected chi connectivity index (χ0v) is 16.2. The predicted molar refractivity (Wildman–Crippen MR) is 106 cm³/mol. The molecule has 1 rings (SSSR count). The predicted octanol–water partition coefficient (Wildman–Crippen LogP) is 6.34. The Kier molecular flexibility index (Phi) is 10.7. The van der Waals surface area contributed by atoms with E-state index in [1.54, 1.807) is 0 Å². The fourth-order valence-corrected chi connectivity index (χ4v) is 3.15. The fraction of sp³-hybridized carbons (Fsp3) is 0.591. The number of hydrogen-bond donors (Lipinski definition) is 1. The molecular weight excluding hydrogens is 310 g/mol. The van der Waals surface area contributed by atoms with Crippen LogP contribution >= 0.6 is 0 Å². The average molecular weight is 346 g/mol. The quantitative estimate of drug-likeness (QED) is 0.355. The molecule has 0 heterocycles. The molecule has 1 amide bonds. The Morgan fingerprint density at radius 1 is 1.12 bits per heavy atom. The highest BCUT2D eigenvalue weighted by atomic mass is 16.5. The maximum atomic E-state index is 11.8. The van der Waals surface area contributed by atoms with Gasteiger partial charge in [-0.05, 0) is 18.9 Å². The summed E-state index contributed by atoms with van der Waals surface area (Å²) in [6.07, 6.45) is 11.6. The summed E-state index contributed by atoms with van der Waals surface area (Å²) in [5.74, 6) is 0.206. The second-order valence-electron chi connectivity index (χ2n) is 6.83. The standard InChI is InChI=1S/C22H35NO2/c1-5-7-8-9-10-11-12-13-19(6-2)21(23-22(24)25-4)20-16-14-18(3)15-17-20/h6,14-17,19,21H,2,5,7-13H2,1,3-4H3,(H,23,24). The highest BCUT2D eigenvalue weighted by Crippen LogP contribution is 2.28. The smallest absolute Gasteiger partial charge is 0.407 e. The molecule has 1 N–H and O–H groups in total. The number of ether oxygens (including phenoxy) is 1. The molecule has 1 aromatic carbocycles. The number of benzene rings is 1. The SMILES string of the molecule is C=CC(CCCCCCCCC)C(NC(=O)OC)c1ccc(C)cc1. The van der Waals surface area contributed by atoms with Gasteiger partial charge >= 0.3 is 6.09 Å². The lowest BCUT2D eigenvalue weighted by atomic mass is 9.88. The second-order valence-corrected chi connectivity index (χ2v) is 6.83. The van der Waals surface area contributed by atoms with E-state index in [9.17, 15) is 4.79 Å². The monoisotopic (exact) mass is 345 g/mol. The van der Waals surface area contributed by atoms with Gasteiger partial charge < -0.3 is 10.1 Å². The van der Waals surface area contributed by atoms with Crippen LogP contribution in [0.3, 0.4) is 0 Å². The zero-order chi connectivity index (χ0) is 18.5. The van der Waals surface area contributed by atoms with E-state index in [0.717, 1.165) is 18.4 Å². The van der Waals surface area contributed by atoms with Gasteiger partial charge in [-0.25, -0.2) is 4.79 Å². The third kappa shape index (κ3) is 8.24. The van der Waals surface area contributed by atoms with E-state index >= 15 is 0 Å². The van der Waals surface area contributed by atoms with Gasteiger partial charge in [-0.2, -0.15) is 0 Å². The number of methoxy groups -OCH3 is 1. The molecule has 0 aliphatic rings. The number of nitrogens with one attached hydrogen (secondary N) is 1. The van der Waals surface area contributed by atoms with E-state index in [1.807, 2.05) is 6.08 Å². The van der Waals surface area contributed by atoms with Crippen LogP contribution < -0.4 is 5.32 Å². The van der Waals surface area contributed by atoms with Gasteiger partial charge in [-0.15, -0.1) is 6.58 Å². The summed E-state index contributed by atoms with van der Waals surface area (Å²) < 4.78 is 4.82.